The monoisotopic (exact) mass is 381 g/mol. The maximum absolute atomic E-state index is 12.5. The summed E-state index contributed by atoms with van der Waals surface area (Å²) < 4.78 is 0. The van der Waals surface area contributed by atoms with Gasteiger partial charge >= 0.3 is 0 Å². The normalized spacial score (nSPS) is 10.7. The van der Waals surface area contributed by atoms with Crippen LogP contribution in [-0.2, 0) is 4.79 Å². The number of aryl methyl sites for hydroxylation is 3. The average molecular weight is 382 g/mol. The van der Waals surface area contributed by atoms with Gasteiger partial charge in [0.05, 0.1) is 23.3 Å². The number of nitrogens with one attached hydrogen (secondary N) is 2. The number of pyridine rings is 1. The molecule has 6 heteroatoms. The van der Waals surface area contributed by atoms with Gasteiger partial charge in [0.2, 0.25) is 5.91 Å². The van der Waals surface area contributed by atoms with Gasteiger partial charge in [0.25, 0.3) is 5.91 Å². The number of anilines is 1. The number of hydrogen-bond acceptors (Lipinski definition) is 3. The highest BCUT2D eigenvalue weighted by molar-refractivity contribution is 6.31. The van der Waals surface area contributed by atoms with Crippen LogP contribution in [-0.4, -0.2) is 23.3 Å². The van der Waals surface area contributed by atoms with Crippen molar-refractivity contribution in [3.63, 3.8) is 0 Å². The van der Waals surface area contributed by atoms with Gasteiger partial charge < -0.3 is 10.6 Å². The molecule has 0 saturated heterocycles. The van der Waals surface area contributed by atoms with Crippen LogP contribution < -0.4 is 10.6 Å². The number of fused-ring (bicyclic) bond motifs is 1. The predicted molar refractivity (Wildman–Crippen MR) is 108 cm³/mol. The second-order valence-corrected chi connectivity index (χ2v) is 6.89. The molecular formula is C21H20ClN3O2. The summed E-state index contributed by atoms with van der Waals surface area (Å²) in [6.07, 6.45) is 0. The molecular weight excluding hydrogens is 362 g/mol. The number of carbonyl (C=O) groups is 2. The Morgan fingerprint density at radius 2 is 1.74 bits per heavy atom. The van der Waals surface area contributed by atoms with E-state index in [1.54, 1.807) is 25.1 Å². The largest absolute Gasteiger partial charge is 0.343 e. The van der Waals surface area contributed by atoms with Crippen LogP contribution in [0, 0.1) is 20.8 Å². The Morgan fingerprint density at radius 1 is 1.04 bits per heavy atom. The van der Waals surface area contributed by atoms with E-state index < -0.39 is 0 Å². The Hall–Kier alpha value is -2.92. The van der Waals surface area contributed by atoms with Gasteiger partial charge in [0.15, 0.2) is 0 Å². The van der Waals surface area contributed by atoms with E-state index in [9.17, 15) is 9.59 Å². The maximum Gasteiger partial charge on any atom is 0.253 e. The molecule has 2 N–H and O–H groups in total. The maximum atomic E-state index is 12.5. The van der Waals surface area contributed by atoms with Crippen LogP contribution in [0.3, 0.4) is 0 Å². The third-order valence-electron chi connectivity index (χ3n) is 4.37. The van der Waals surface area contributed by atoms with Crippen LogP contribution in [0.15, 0.2) is 42.5 Å². The van der Waals surface area contributed by atoms with Crippen molar-refractivity contribution >= 4 is 40.0 Å². The van der Waals surface area contributed by atoms with Gasteiger partial charge in [-0.25, -0.2) is 0 Å². The summed E-state index contributed by atoms with van der Waals surface area (Å²) in [7, 11) is 0. The Labute approximate surface area is 162 Å². The molecule has 0 atom stereocenters. The molecule has 138 valence electrons. The molecule has 0 saturated carbocycles. The topological polar surface area (TPSA) is 71.1 Å². The highest BCUT2D eigenvalue weighted by Crippen LogP contribution is 2.21. The van der Waals surface area contributed by atoms with Crippen molar-refractivity contribution in [1.29, 1.82) is 0 Å². The van der Waals surface area contributed by atoms with Crippen LogP contribution in [0.2, 0.25) is 5.02 Å². The summed E-state index contributed by atoms with van der Waals surface area (Å²) in [4.78, 5) is 29.2. The second-order valence-electron chi connectivity index (χ2n) is 6.46. The molecule has 0 radical (unpaired) electrons. The lowest BCUT2D eigenvalue weighted by Gasteiger charge is -2.12. The lowest BCUT2D eigenvalue weighted by atomic mass is 10.1. The molecule has 1 heterocycles. The van der Waals surface area contributed by atoms with Crippen molar-refractivity contribution in [1.82, 2.24) is 10.3 Å². The molecule has 0 bridgehead atoms. The molecule has 3 aromatic rings. The van der Waals surface area contributed by atoms with Crippen molar-refractivity contribution in [2.45, 2.75) is 20.8 Å². The van der Waals surface area contributed by atoms with Crippen molar-refractivity contribution in [3.05, 3.63) is 69.9 Å². The first-order chi connectivity index (χ1) is 12.8. The number of aromatic nitrogens is 1. The van der Waals surface area contributed by atoms with Crippen LogP contribution in [0.5, 0.6) is 0 Å². The van der Waals surface area contributed by atoms with Crippen molar-refractivity contribution < 1.29 is 9.59 Å². The first-order valence-electron chi connectivity index (χ1n) is 8.56. The lowest BCUT2D eigenvalue weighted by molar-refractivity contribution is -0.115. The Bertz CT molecular complexity index is 1030. The summed E-state index contributed by atoms with van der Waals surface area (Å²) in [5, 5.41) is 6.86. The highest BCUT2D eigenvalue weighted by Gasteiger charge is 2.14. The van der Waals surface area contributed by atoms with E-state index in [0.29, 0.717) is 16.3 Å². The molecule has 5 nitrogen and oxygen atoms in total. The highest BCUT2D eigenvalue weighted by atomic mass is 35.5. The van der Waals surface area contributed by atoms with E-state index in [-0.39, 0.29) is 18.4 Å². The average Bonchev–Trinajstić information content (AvgIpc) is 2.62. The van der Waals surface area contributed by atoms with Crippen LogP contribution in [0.1, 0.15) is 27.2 Å². The summed E-state index contributed by atoms with van der Waals surface area (Å²) in [6.45, 7) is 5.49. The Kier molecular flexibility index (Phi) is 5.42. The molecule has 1 aromatic heterocycles. The number of rotatable bonds is 4. The number of benzene rings is 2. The molecule has 27 heavy (non-hydrogen) atoms. The predicted octanol–water partition coefficient (Wildman–Crippen LogP) is 4.18. The minimum atomic E-state index is -0.349. The third kappa shape index (κ3) is 4.26. The van der Waals surface area contributed by atoms with E-state index in [1.807, 2.05) is 38.1 Å². The fraction of sp³-hybridized carbons (Fsp3) is 0.190. The minimum absolute atomic E-state index is 0.125. The lowest BCUT2D eigenvalue weighted by Crippen LogP contribution is -2.33. The quantitative estimate of drug-likeness (QED) is 0.712. The number of para-hydroxylation sites is 1. The van der Waals surface area contributed by atoms with E-state index in [2.05, 4.69) is 15.6 Å². The van der Waals surface area contributed by atoms with Crippen LogP contribution in [0.25, 0.3) is 10.9 Å². The van der Waals surface area contributed by atoms with Gasteiger partial charge in [-0.1, -0.05) is 29.8 Å². The fourth-order valence-corrected chi connectivity index (χ4v) is 3.11. The first kappa shape index (κ1) is 18.9. The molecule has 0 aliphatic heterocycles. The molecule has 3 rings (SSSR count). The summed E-state index contributed by atoms with van der Waals surface area (Å²) in [6, 6.07) is 12.9. The number of amides is 2. The summed E-state index contributed by atoms with van der Waals surface area (Å²) in [5.74, 6) is -0.631. The molecule has 0 aliphatic carbocycles. The zero-order chi connectivity index (χ0) is 19.6. The fourth-order valence-electron chi connectivity index (χ4n) is 2.92. The number of hydrogen-bond donors (Lipinski definition) is 2. The Morgan fingerprint density at radius 3 is 2.44 bits per heavy atom. The van der Waals surface area contributed by atoms with E-state index in [1.165, 1.54) is 0 Å². The van der Waals surface area contributed by atoms with Crippen LogP contribution >= 0.6 is 11.6 Å². The molecule has 2 aromatic carbocycles. The zero-order valence-electron chi connectivity index (χ0n) is 15.4. The van der Waals surface area contributed by atoms with Gasteiger partial charge in [-0.15, -0.1) is 0 Å². The van der Waals surface area contributed by atoms with Gasteiger partial charge in [-0.05, 0) is 56.2 Å². The standard InChI is InChI=1S/C21H20ClN3O2/c1-12-5-4-6-13(2)20(12)25-19(26)11-23-21(27)17-10-15-9-16(22)7-8-18(15)24-14(17)3/h4-10H,11H2,1-3H3,(H,23,27)(H,25,26). The number of halogens is 1. The Balaban J connectivity index is 1.71. The van der Waals surface area contributed by atoms with E-state index >= 15 is 0 Å². The van der Waals surface area contributed by atoms with E-state index in [4.69, 9.17) is 11.6 Å². The number of nitrogens with zero attached hydrogens (tertiary/aromatic N) is 1. The van der Waals surface area contributed by atoms with Gasteiger partial charge in [-0.2, -0.15) is 0 Å². The summed E-state index contributed by atoms with van der Waals surface area (Å²) in [5.41, 5.74) is 4.50. The van der Waals surface area contributed by atoms with Crippen molar-refractivity contribution in [3.8, 4) is 0 Å². The molecule has 0 aliphatic rings. The van der Waals surface area contributed by atoms with Crippen LogP contribution in [0.4, 0.5) is 5.69 Å². The van der Waals surface area contributed by atoms with Gasteiger partial charge in [0.1, 0.15) is 0 Å². The number of carbonyl (C=O) groups excluding carboxylic acids is 2. The van der Waals surface area contributed by atoms with E-state index in [0.717, 1.165) is 27.7 Å². The molecule has 0 fully saturated rings. The second kappa shape index (κ2) is 7.76. The zero-order valence-corrected chi connectivity index (χ0v) is 16.1. The first-order valence-corrected chi connectivity index (χ1v) is 8.94. The SMILES string of the molecule is Cc1cccc(C)c1NC(=O)CNC(=O)c1cc2cc(Cl)ccc2nc1C. The minimum Gasteiger partial charge on any atom is -0.343 e. The molecule has 0 unspecified atom stereocenters. The molecule has 0 spiro atoms. The van der Waals surface area contributed by atoms with Crippen molar-refractivity contribution in [2.24, 2.45) is 0 Å². The van der Waals surface area contributed by atoms with Crippen molar-refractivity contribution in [2.75, 3.05) is 11.9 Å². The van der Waals surface area contributed by atoms with Gasteiger partial charge in [-0.3, -0.25) is 14.6 Å². The van der Waals surface area contributed by atoms with Gasteiger partial charge in [0, 0.05) is 16.1 Å². The smallest absolute Gasteiger partial charge is 0.253 e. The third-order valence-corrected chi connectivity index (χ3v) is 4.60. The summed E-state index contributed by atoms with van der Waals surface area (Å²) >= 11 is 6.01. The molecule has 2 amide bonds.